The van der Waals surface area contributed by atoms with Gasteiger partial charge in [-0.3, -0.25) is 9.78 Å². The SMILES string of the molecule is CC(=O)OC(C)c1nc(C(C)C)c(Sc2cccc(Cl)c2)n1Cc1ccccn1. The van der Waals surface area contributed by atoms with Gasteiger partial charge in [0.15, 0.2) is 11.9 Å². The molecule has 152 valence electrons. The van der Waals surface area contributed by atoms with Crippen LogP contribution < -0.4 is 0 Å². The Hall–Kier alpha value is -2.31. The van der Waals surface area contributed by atoms with Crippen LogP contribution in [0.25, 0.3) is 0 Å². The molecule has 0 amide bonds. The number of hydrogen-bond acceptors (Lipinski definition) is 5. The molecule has 0 aliphatic heterocycles. The van der Waals surface area contributed by atoms with Crippen molar-refractivity contribution in [2.24, 2.45) is 0 Å². The van der Waals surface area contributed by atoms with Gasteiger partial charge in [-0.05, 0) is 43.2 Å². The van der Waals surface area contributed by atoms with Gasteiger partial charge in [-0.15, -0.1) is 0 Å². The maximum atomic E-state index is 11.6. The standard InChI is InChI=1S/C22H24ClN3O2S/c1-14(2)20-22(29-19-10-7-8-17(23)12-19)26(13-18-9-5-6-11-24-18)21(25-20)15(3)28-16(4)27/h5-12,14-15H,13H2,1-4H3. The van der Waals surface area contributed by atoms with Crippen molar-refractivity contribution < 1.29 is 9.53 Å². The Morgan fingerprint density at radius 3 is 2.62 bits per heavy atom. The molecule has 0 aliphatic carbocycles. The summed E-state index contributed by atoms with van der Waals surface area (Å²) in [7, 11) is 0. The molecule has 0 bridgehead atoms. The van der Waals surface area contributed by atoms with Gasteiger partial charge < -0.3 is 9.30 Å². The highest BCUT2D eigenvalue weighted by atomic mass is 35.5. The van der Waals surface area contributed by atoms with E-state index in [4.69, 9.17) is 21.3 Å². The molecule has 0 spiro atoms. The quantitative estimate of drug-likeness (QED) is 0.439. The summed E-state index contributed by atoms with van der Waals surface area (Å²) in [6.07, 6.45) is 1.30. The number of carbonyl (C=O) groups is 1. The normalized spacial score (nSPS) is 12.2. The molecular weight excluding hydrogens is 406 g/mol. The number of nitrogens with zero attached hydrogens (tertiary/aromatic N) is 3. The van der Waals surface area contributed by atoms with Gasteiger partial charge in [0, 0.05) is 23.0 Å². The second kappa shape index (κ2) is 9.46. The zero-order valence-corrected chi connectivity index (χ0v) is 18.5. The molecule has 1 atom stereocenters. The van der Waals surface area contributed by atoms with Gasteiger partial charge in [0.2, 0.25) is 0 Å². The summed E-state index contributed by atoms with van der Waals surface area (Å²) < 4.78 is 7.55. The summed E-state index contributed by atoms with van der Waals surface area (Å²) in [6, 6.07) is 13.6. The molecule has 5 nitrogen and oxygen atoms in total. The molecule has 3 aromatic rings. The Kier molecular flexibility index (Phi) is 6.98. The number of ether oxygens (including phenoxy) is 1. The van der Waals surface area contributed by atoms with Gasteiger partial charge >= 0.3 is 5.97 Å². The summed E-state index contributed by atoms with van der Waals surface area (Å²) in [4.78, 5) is 21.9. The zero-order chi connectivity index (χ0) is 21.0. The summed E-state index contributed by atoms with van der Waals surface area (Å²) in [6.45, 7) is 8.00. The van der Waals surface area contributed by atoms with Crippen LogP contribution in [-0.4, -0.2) is 20.5 Å². The van der Waals surface area contributed by atoms with Crippen LogP contribution in [0.3, 0.4) is 0 Å². The fraction of sp³-hybridized carbons (Fsp3) is 0.318. The van der Waals surface area contributed by atoms with E-state index < -0.39 is 6.10 Å². The van der Waals surface area contributed by atoms with Gasteiger partial charge in [0.25, 0.3) is 0 Å². The third-order valence-electron chi connectivity index (χ3n) is 4.29. The first-order chi connectivity index (χ1) is 13.8. The average Bonchev–Trinajstić information content (AvgIpc) is 3.00. The highest BCUT2D eigenvalue weighted by Gasteiger charge is 2.25. The predicted molar refractivity (Wildman–Crippen MR) is 115 cm³/mol. The first-order valence-electron chi connectivity index (χ1n) is 9.46. The first kappa shape index (κ1) is 21.4. The van der Waals surface area contributed by atoms with Crippen molar-refractivity contribution in [3.8, 4) is 0 Å². The third-order valence-corrected chi connectivity index (χ3v) is 5.63. The van der Waals surface area contributed by atoms with Gasteiger partial charge in [-0.2, -0.15) is 0 Å². The van der Waals surface area contributed by atoms with E-state index in [0.717, 1.165) is 21.3 Å². The highest BCUT2D eigenvalue weighted by molar-refractivity contribution is 7.99. The van der Waals surface area contributed by atoms with Crippen molar-refractivity contribution in [1.82, 2.24) is 14.5 Å². The number of hydrogen-bond donors (Lipinski definition) is 0. The topological polar surface area (TPSA) is 57.0 Å². The van der Waals surface area contributed by atoms with Crippen LogP contribution in [0.1, 0.15) is 56.9 Å². The first-order valence-corrected chi connectivity index (χ1v) is 10.7. The summed E-state index contributed by atoms with van der Waals surface area (Å²) in [5.74, 6) is 0.573. The fourth-order valence-corrected chi connectivity index (χ4v) is 4.48. The van der Waals surface area contributed by atoms with E-state index in [9.17, 15) is 4.79 Å². The van der Waals surface area contributed by atoms with Crippen LogP contribution in [0, 0.1) is 0 Å². The van der Waals surface area contributed by atoms with Crippen molar-refractivity contribution in [1.29, 1.82) is 0 Å². The number of halogens is 1. The van der Waals surface area contributed by atoms with E-state index in [1.165, 1.54) is 6.92 Å². The number of pyridine rings is 1. The van der Waals surface area contributed by atoms with Crippen LogP contribution in [0.4, 0.5) is 0 Å². The van der Waals surface area contributed by atoms with E-state index >= 15 is 0 Å². The van der Waals surface area contributed by atoms with Crippen LogP contribution in [0.2, 0.25) is 5.02 Å². The monoisotopic (exact) mass is 429 g/mol. The van der Waals surface area contributed by atoms with Gasteiger partial charge in [-0.25, -0.2) is 4.98 Å². The van der Waals surface area contributed by atoms with Crippen molar-refractivity contribution in [2.45, 2.75) is 56.2 Å². The van der Waals surface area contributed by atoms with E-state index in [1.54, 1.807) is 18.0 Å². The Balaban J connectivity index is 2.11. The van der Waals surface area contributed by atoms with Crippen LogP contribution in [-0.2, 0) is 16.1 Å². The summed E-state index contributed by atoms with van der Waals surface area (Å²) in [5, 5.41) is 1.69. The number of rotatable bonds is 7. The predicted octanol–water partition coefficient (Wildman–Crippen LogP) is 5.88. The lowest BCUT2D eigenvalue weighted by Crippen LogP contribution is -2.14. The van der Waals surface area contributed by atoms with E-state index in [-0.39, 0.29) is 11.9 Å². The Labute approximate surface area is 180 Å². The lowest BCUT2D eigenvalue weighted by molar-refractivity contribution is -0.146. The molecule has 0 saturated heterocycles. The van der Waals surface area contributed by atoms with Crippen LogP contribution in [0.15, 0.2) is 58.6 Å². The van der Waals surface area contributed by atoms with Crippen molar-refractivity contribution in [3.05, 3.63) is 70.9 Å². The van der Waals surface area contributed by atoms with E-state index in [0.29, 0.717) is 17.4 Å². The second-order valence-corrected chi connectivity index (χ2v) is 8.53. The van der Waals surface area contributed by atoms with Gasteiger partial charge in [0.1, 0.15) is 5.03 Å². The number of carbonyl (C=O) groups excluding carboxylic acids is 1. The molecule has 0 N–H and O–H groups in total. The fourth-order valence-electron chi connectivity index (χ4n) is 3.02. The number of imidazole rings is 1. The summed E-state index contributed by atoms with van der Waals surface area (Å²) >= 11 is 7.80. The van der Waals surface area contributed by atoms with Crippen molar-refractivity contribution in [2.75, 3.05) is 0 Å². The highest BCUT2D eigenvalue weighted by Crippen LogP contribution is 2.37. The minimum Gasteiger partial charge on any atom is -0.455 e. The van der Waals surface area contributed by atoms with Gasteiger partial charge in [-0.1, -0.05) is 49.3 Å². The zero-order valence-electron chi connectivity index (χ0n) is 16.9. The molecule has 0 radical (unpaired) electrons. The lowest BCUT2D eigenvalue weighted by atomic mass is 10.1. The minimum absolute atomic E-state index is 0.199. The molecule has 3 rings (SSSR count). The smallest absolute Gasteiger partial charge is 0.303 e. The molecule has 0 aliphatic rings. The molecule has 1 unspecified atom stereocenters. The molecule has 0 saturated carbocycles. The average molecular weight is 430 g/mol. The molecule has 0 fully saturated rings. The Bertz CT molecular complexity index is 989. The summed E-state index contributed by atoms with van der Waals surface area (Å²) in [5.41, 5.74) is 1.87. The Morgan fingerprint density at radius 1 is 1.21 bits per heavy atom. The Morgan fingerprint density at radius 2 is 2.00 bits per heavy atom. The lowest BCUT2D eigenvalue weighted by Gasteiger charge is -2.16. The molecule has 2 heterocycles. The molecular formula is C22H24ClN3O2S. The van der Waals surface area contributed by atoms with Gasteiger partial charge in [0.05, 0.1) is 17.9 Å². The second-order valence-electron chi connectivity index (χ2n) is 7.03. The maximum absolute atomic E-state index is 11.6. The number of benzene rings is 1. The molecule has 2 aromatic heterocycles. The van der Waals surface area contributed by atoms with Crippen molar-refractivity contribution in [3.63, 3.8) is 0 Å². The van der Waals surface area contributed by atoms with E-state index in [1.807, 2.05) is 49.4 Å². The van der Waals surface area contributed by atoms with Crippen LogP contribution >= 0.6 is 23.4 Å². The number of esters is 1. The van der Waals surface area contributed by atoms with Crippen LogP contribution in [0.5, 0.6) is 0 Å². The largest absolute Gasteiger partial charge is 0.455 e. The van der Waals surface area contributed by atoms with Crippen molar-refractivity contribution >= 4 is 29.3 Å². The third kappa shape index (κ3) is 5.40. The molecule has 29 heavy (non-hydrogen) atoms. The number of aromatic nitrogens is 3. The molecule has 7 heteroatoms. The maximum Gasteiger partial charge on any atom is 0.303 e. The van der Waals surface area contributed by atoms with E-state index in [2.05, 4.69) is 23.4 Å². The minimum atomic E-state index is -0.470. The molecule has 1 aromatic carbocycles.